The summed E-state index contributed by atoms with van der Waals surface area (Å²) in [4.78, 5) is 11.4. The highest BCUT2D eigenvalue weighted by Gasteiger charge is 2.20. The lowest BCUT2D eigenvalue weighted by Crippen LogP contribution is -2.11. The number of methoxy groups -OCH3 is 1. The van der Waals surface area contributed by atoms with Crippen molar-refractivity contribution in [3.05, 3.63) is 28.5 Å². The average Bonchev–Trinajstić information content (AvgIpc) is 2.33. The van der Waals surface area contributed by atoms with Gasteiger partial charge in [0.05, 0.1) is 17.8 Å². The Morgan fingerprint density at radius 3 is 2.78 bits per heavy atom. The minimum absolute atomic E-state index is 0.133. The Bertz CT molecular complexity index is 482. The predicted molar refractivity (Wildman–Crippen MR) is 69.7 cm³/mol. The number of benzene rings is 1. The second kappa shape index (κ2) is 6.70. The van der Waals surface area contributed by atoms with Crippen LogP contribution < -0.4 is 4.72 Å². The standard InChI is InChI=1S/C11H13ClFNO3S/c1-3-6-18(16)14-8-5-4-7(13)9(10(8)12)11(15)17-2/h4-5,14H,3,6H2,1-2H3. The SMILES string of the molecule is CCCS(=O)Nc1ccc(F)c(C(=O)OC)c1Cl. The first-order valence-electron chi connectivity index (χ1n) is 5.22. The minimum Gasteiger partial charge on any atom is -0.465 e. The maximum atomic E-state index is 13.5. The molecule has 1 N–H and O–H groups in total. The Morgan fingerprint density at radius 1 is 1.56 bits per heavy atom. The fourth-order valence-corrected chi connectivity index (χ4v) is 2.50. The first-order chi connectivity index (χ1) is 8.51. The molecular weight excluding hydrogens is 281 g/mol. The van der Waals surface area contributed by atoms with Crippen molar-refractivity contribution in [3.8, 4) is 0 Å². The molecule has 1 atom stereocenters. The van der Waals surface area contributed by atoms with Crippen LogP contribution in [0.5, 0.6) is 0 Å². The van der Waals surface area contributed by atoms with E-state index in [0.29, 0.717) is 5.75 Å². The van der Waals surface area contributed by atoms with Gasteiger partial charge < -0.3 is 9.46 Å². The van der Waals surface area contributed by atoms with Gasteiger partial charge in [0.15, 0.2) is 0 Å². The third-order valence-electron chi connectivity index (χ3n) is 2.09. The normalized spacial score (nSPS) is 12.0. The van der Waals surface area contributed by atoms with Gasteiger partial charge in [0.1, 0.15) is 22.4 Å². The third-order valence-corrected chi connectivity index (χ3v) is 3.71. The molecule has 18 heavy (non-hydrogen) atoms. The van der Waals surface area contributed by atoms with E-state index in [-0.39, 0.29) is 16.3 Å². The van der Waals surface area contributed by atoms with E-state index in [4.69, 9.17) is 11.6 Å². The molecule has 0 aliphatic carbocycles. The van der Waals surface area contributed by atoms with Crippen LogP contribution in [0.2, 0.25) is 5.02 Å². The number of anilines is 1. The van der Waals surface area contributed by atoms with Crippen molar-refractivity contribution < 1.29 is 18.1 Å². The zero-order valence-electron chi connectivity index (χ0n) is 9.96. The van der Waals surface area contributed by atoms with Crippen LogP contribution in [0, 0.1) is 5.82 Å². The molecule has 0 bridgehead atoms. The molecule has 4 nitrogen and oxygen atoms in total. The summed E-state index contributed by atoms with van der Waals surface area (Å²) < 4.78 is 32.1. The van der Waals surface area contributed by atoms with E-state index >= 15 is 0 Å². The molecule has 100 valence electrons. The summed E-state index contributed by atoms with van der Waals surface area (Å²) in [5, 5.41) is -0.133. The zero-order chi connectivity index (χ0) is 13.7. The van der Waals surface area contributed by atoms with Crippen LogP contribution in [0.4, 0.5) is 10.1 Å². The smallest absolute Gasteiger partial charge is 0.342 e. The van der Waals surface area contributed by atoms with E-state index < -0.39 is 22.8 Å². The first kappa shape index (κ1) is 14.9. The van der Waals surface area contributed by atoms with Crippen LogP contribution in [0.1, 0.15) is 23.7 Å². The quantitative estimate of drug-likeness (QED) is 0.849. The van der Waals surface area contributed by atoms with E-state index in [1.807, 2.05) is 6.92 Å². The highest BCUT2D eigenvalue weighted by atomic mass is 35.5. The van der Waals surface area contributed by atoms with Gasteiger partial charge in [-0.15, -0.1) is 0 Å². The number of carbonyl (C=O) groups is 1. The monoisotopic (exact) mass is 293 g/mol. The molecule has 0 spiro atoms. The summed E-state index contributed by atoms with van der Waals surface area (Å²) in [7, 11) is -0.188. The van der Waals surface area contributed by atoms with Gasteiger partial charge in [-0.2, -0.15) is 0 Å². The van der Waals surface area contributed by atoms with Crippen LogP contribution in [0.25, 0.3) is 0 Å². The van der Waals surface area contributed by atoms with Gasteiger partial charge in [0.2, 0.25) is 0 Å². The summed E-state index contributed by atoms with van der Waals surface area (Å²) in [6.07, 6.45) is 0.724. The number of hydrogen-bond acceptors (Lipinski definition) is 3. The number of esters is 1. The van der Waals surface area contributed by atoms with Gasteiger partial charge in [-0.3, -0.25) is 0 Å². The number of hydrogen-bond donors (Lipinski definition) is 1. The first-order valence-corrected chi connectivity index (χ1v) is 6.92. The lowest BCUT2D eigenvalue weighted by Gasteiger charge is -2.10. The number of ether oxygens (including phenoxy) is 1. The number of rotatable bonds is 5. The van der Waals surface area contributed by atoms with Crippen LogP contribution in [-0.2, 0) is 15.7 Å². The second-order valence-corrected chi connectivity index (χ2v) is 5.11. The Balaban J connectivity index is 3.09. The van der Waals surface area contributed by atoms with Crippen LogP contribution in [-0.4, -0.2) is 23.0 Å². The molecule has 0 aliphatic rings. The topological polar surface area (TPSA) is 55.4 Å². The second-order valence-electron chi connectivity index (χ2n) is 3.43. The molecule has 0 fully saturated rings. The molecule has 0 aromatic heterocycles. The van der Waals surface area contributed by atoms with E-state index in [9.17, 15) is 13.4 Å². The van der Waals surface area contributed by atoms with Gasteiger partial charge in [-0.25, -0.2) is 13.4 Å². The van der Waals surface area contributed by atoms with Crippen LogP contribution in [0.15, 0.2) is 12.1 Å². The predicted octanol–water partition coefficient (Wildman–Crippen LogP) is 2.75. The summed E-state index contributed by atoms with van der Waals surface area (Å²) >= 11 is 5.89. The fourth-order valence-electron chi connectivity index (χ4n) is 1.28. The summed E-state index contributed by atoms with van der Waals surface area (Å²) in [5.74, 6) is -1.22. The Morgan fingerprint density at radius 2 is 2.22 bits per heavy atom. The molecular formula is C11H13ClFNO3S. The van der Waals surface area contributed by atoms with Crippen molar-refractivity contribution >= 4 is 34.2 Å². The van der Waals surface area contributed by atoms with Gasteiger partial charge in [0, 0.05) is 5.75 Å². The van der Waals surface area contributed by atoms with E-state index in [1.54, 1.807) is 0 Å². The molecule has 0 aliphatic heterocycles. The minimum atomic E-state index is -1.32. The average molecular weight is 294 g/mol. The van der Waals surface area contributed by atoms with Crippen molar-refractivity contribution in [1.29, 1.82) is 0 Å². The molecule has 0 heterocycles. The molecule has 1 aromatic carbocycles. The van der Waals surface area contributed by atoms with Gasteiger partial charge >= 0.3 is 5.97 Å². The lowest BCUT2D eigenvalue weighted by molar-refractivity contribution is 0.0596. The van der Waals surface area contributed by atoms with Gasteiger partial charge in [-0.05, 0) is 18.6 Å². The van der Waals surface area contributed by atoms with Crippen LogP contribution >= 0.6 is 11.6 Å². The number of carbonyl (C=O) groups excluding carboxylic acids is 1. The zero-order valence-corrected chi connectivity index (χ0v) is 11.5. The third kappa shape index (κ3) is 3.43. The largest absolute Gasteiger partial charge is 0.465 e. The van der Waals surface area contributed by atoms with Crippen molar-refractivity contribution in [1.82, 2.24) is 0 Å². The van der Waals surface area contributed by atoms with E-state index in [2.05, 4.69) is 9.46 Å². The lowest BCUT2D eigenvalue weighted by atomic mass is 10.2. The number of nitrogens with one attached hydrogen (secondary N) is 1. The van der Waals surface area contributed by atoms with Crippen molar-refractivity contribution in [3.63, 3.8) is 0 Å². The van der Waals surface area contributed by atoms with Gasteiger partial charge in [-0.1, -0.05) is 18.5 Å². The molecule has 0 saturated heterocycles. The van der Waals surface area contributed by atoms with Crippen molar-refractivity contribution in [2.24, 2.45) is 0 Å². The molecule has 0 saturated carbocycles. The Labute approximate surface area is 112 Å². The number of halogens is 2. The van der Waals surface area contributed by atoms with Gasteiger partial charge in [0.25, 0.3) is 0 Å². The van der Waals surface area contributed by atoms with Crippen LogP contribution in [0.3, 0.4) is 0 Å². The maximum Gasteiger partial charge on any atom is 0.342 e. The Hall–Kier alpha value is -1.14. The summed E-state index contributed by atoms with van der Waals surface area (Å²) in [6, 6.07) is 2.40. The fraction of sp³-hybridized carbons (Fsp3) is 0.364. The Kier molecular flexibility index (Phi) is 5.55. The molecule has 1 aromatic rings. The van der Waals surface area contributed by atoms with Crippen molar-refractivity contribution in [2.75, 3.05) is 17.6 Å². The summed E-state index contributed by atoms with van der Waals surface area (Å²) in [5.41, 5.74) is -0.122. The highest BCUT2D eigenvalue weighted by Crippen LogP contribution is 2.29. The maximum absolute atomic E-state index is 13.5. The molecule has 1 rings (SSSR count). The molecule has 0 amide bonds. The van der Waals surface area contributed by atoms with E-state index in [1.165, 1.54) is 6.07 Å². The molecule has 7 heteroatoms. The highest BCUT2D eigenvalue weighted by molar-refractivity contribution is 7.86. The molecule has 0 radical (unpaired) electrons. The van der Waals surface area contributed by atoms with Crippen molar-refractivity contribution in [2.45, 2.75) is 13.3 Å². The van der Waals surface area contributed by atoms with E-state index in [0.717, 1.165) is 19.6 Å². The summed E-state index contributed by atoms with van der Waals surface area (Å²) in [6.45, 7) is 1.88. The molecule has 1 unspecified atom stereocenters.